The van der Waals surface area contributed by atoms with Crippen LogP contribution in [0.4, 0.5) is 19.0 Å². The number of nitrogens with zero attached hydrogens (tertiary/aromatic N) is 3. The summed E-state index contributed by atoms with van der Waals surface area (Å²) >= 11 is 0. The van der Waals surface area contributed by atoms with Gasteiger partial charge in [0.2, 0.25) is 0 Å². The van der Waals surface area contributed by atoms with E-state index < -0.39 is 11.7 Å². The Balaban J connectivity index is 1.74. The van der Waals surface area contributed by atoms with E-state index in [4.69, 9.17) is 0 Å². The predicted octanol–water partition coefficient (Wildman–Crippen LogP) is 3.52. The molecule has 4 nitrogen and oxygen atoms in total. The summed E-state index contributed by atoms with van der Waals surface area (Å²) in [5, 5.41) is 0. The van der Waals surface area contributed by atoms with Crippen LogP contribution in [0.15, 0.2) is 24.5 Å². The van der Waals surface area contributed by atoms with Crippen molar-refractivity contribution < 1.29 is 13.2 Å². The lowest BCUT2D eigenvalue weighted by atomic mass is 9.97. The van der Waals surface area contributed by atoms with Gasteiger partial charge in [0.05, 0.1) is 5.56 Å². The molecule has 118 valence electrons. The molecule has 0 bridgehead atoms. The van der Waals surface area contributed by atoms with Gasteiger partial charge >= 0.3 is 6.18 Å². The number of imidazole rings is 1. The summed E-state index contributed by atoms with van der Waals surface area (Å²) in [4.78, 5) is 13.6. The number of aromatic amines is 1. The third-order valence-corrected chi connectivity index (χ3v) is 3.93. The van der Waals surface area contributed by atoms with Crippen LogP contribution in [0.3, 0.4) is 0 Å². The molecule has 2 aromatic heterocycles. The minimum Gasteiger partial charge on any atom is -0.356 e. The van der Waals surface area contributed by atoms with Crippen molar-refractivity contribution in [1.29, 1.82) is 0 Å². The third kappa shape index (κ3) is 3.08. The maximum absolute atomic E-state index is 12.6. The van der Waals surface area contributed by atoms with Crippen molar-refractivity contribution in [3.63, 3.8) is 0 Å². The minimum absolute atomic E-state index is 0.256. The van der Waals surface area contributed by atoms with E-state index in [9.17, 15) is 13.2 Å². The van der Waals surface area contributed by atoms with Gasteiger partial charge in [0.1, 0.15) is 11.6 Å². The highest BCUT2D eigenvalue weighted by molar-refractivity contribution is 5.41. The van der Waals surface area contributed by atoms with Crippen molar-refractivity contribution >= 4 is 5.82 Å². The minimum atomic E-state index is -4.35. The van der Waals surface area contributed by atoms with E-state index in [0.29, 0.717) is 12.4 Å². The van der Waals surface area contributed by atoms with Crippen LogP contribution in [0.25, 0.3) is 0 Å². The first-order chi connectivity index (χ1) is 10.4. The summed E-state index contributed by atoms with van der Waals surface area (Å²) in [5.74, 6) is 1.78. The van der Waals surface area contributed by atoms with Gasteiger partial charge in [-0.05, 0) is 31.9 Å². The molecule has 1 atom stereocenters. The fraction of sp³-hybridized carbons (Fsp3) is 0.467. The number of aromatic nitrogens is 3. The van der Waals surface area contributed by atoms with Crippen LogP contribution in [0, 0.1) is 6.92 Å². The van der Waals surface area contributed by atoms with Crippen LogP contribution < -0.4 is 4.90 Å². The molecule has 3 rings (SSSR count). The first kappa shape index (κ1) is 14.9. The summed E-state index contributed by atoms with van der Waals surface area (Å²) in [5.41, 5.74) is 0.297. The number of hydrogen-bond donors (Lipinski definition) is 1. The molecule has 2 aromatic rings. The van der Waals surface area contributed by atoms with E-state index >= 15 is 0 Å². The number of aryl methyl sites for hydroxylation is 1. The van der Waals surface area contributed by atoms with E-state index in [1.165, 1.54) is 6.07 Å². The van der Waals surface area contributed by atoms with Crippen molar-refractivity contribution in [2.75, 3.05) is 18.0 Å². The average Bonchev–Trinajstić information content (AvgIpc) is 2.93. The smallest absolute Gasteiger partial charge is 0.356 e. The molecule has 0 aromatic carbocycles. The van der Waals surface area contributed by atoms with Crippen LogP contribution in [0.2, 0.25) is 0 Å². The monoisotopic (exact) mass is 310 g/mol. The second-order valence-electron chi connectivity index (χ2n) is 5.64. The molecule has 0 amide bonds. The molecule has 0 radical (unpaired) electrons. The molecule has 0 spiro atoms. The Morgan fingerprint density at radius 1 is 1.23 bits per heavy atom. The van der Waals surface area contributed by atoms with Crippen molar-refractivity contribution in [3.8, 4) is 0 Å². The van der Waals surface area contributed by atoms with Gasteiger partial charge in [0.25, 0.3) is 0 Å². The molecule has 3 heterocycles. The third-order valence-electron chi connectivity index (χ3n) is 3.93. The lowest BCUT2D eigenvalue weighted by molar-refractivity contribution is -0.137. The Morgan fingerprint density at radius 2 is 2.05 bits per heavy atom. The quantitative estimate of drug-likeness (QED) is 0.923. The molecular formula is C15H17F3N4. The number of rotatable bonds is 2. The normalized spacial score (nSPS) is 19.5. The number of hydrogen-bond acceptors (Lipinski definition) is 3. The van der Waals surface area contributed by atoms with Crippen molar-refractivity contribution in [3.05, 3.63) is 41.6 Å². The van der Waals surface area contributed by atoms with E-state index in [0.717, 1.165) is 43.2 Å². The molecule has 7 heteroatoms. The number of piperidine rings is 1. The Hall–Kier alpha value is -2.05. The SMILES string of the molecule is Cc1cnc([C@@H]2CCCN(c3ccc(C(F)(F)F)cn3)C2)[nH]1. The van der Waals surface area contributed by atoms with Gasteiger partial charge in [-0.25, -0.2) is 9.97 Å². The lowest BCUT2D eigenvalue weighted by Crippen LogP contribution is -2.35. The molecule has 0 saturated carbocycles. The first-order valence-corrected chi connectivity index (χ1v) is 7.23. The van der Waals surface area contributed by atoms with Gasteiger partial charge in [-0.1, -0.05) is 0 Å². The molecule has 0 unspecified atom stereocenters. The maximum Gasteiger partial charge on any atom is 0.417 e. The molecule has 0 aliphatic carbocycles. The predicted molar refractivity (Wildman–Crippen MR) is 76.8 cm³/mol. The molecule has 1 aliphatic rings. The number of alkyl halides is 3. The zero-order valence-electron chi connectivity index (χ0n) is 12.2. The molecular weight excluding hydrogens is 293 g/mol. The highest BCUT2D eigenvalue weighted by Gasteiger charge is 2.31. The van der Waals surface area contributed by atoms with Crippen LogP contribution in [-0.2, 0) is 6.18 Å². The topological polar surface area (TPSA) is 44.8 Å². The Morgan fingerprint density at radius 3 is 2.64 bits per heavy atom. The lowest BCUT2D eigenvalue weighted by Gasteiger charge is -2.32. The van der Waals surface area contributed by atoms with Gasteiger partial charge in [0, 0.05) is 37.1 Å². The fourth-order valence-electron chi connectivity index (χ4n) is 2.79. The number of nitrogens with one attached hydrogen (secondary N) is 1. The van der Waals surface area contributed by atoms with Crippen molar-refractivity contribution in [1.82, 2.24) is 15.0 Å². The van der Waals surface area contributed by atoms with Gasteiger partial charge in [0.15, 0.2) is 0 Å². The highest BCUT2D eigenvalue weighted by Crippen LogP contribution is 2.31. The standard InChI is InChI=1S/C15H17F3N4/c1-10-7-20-14(21-10)11-3-2-6-22(9-11)13-5-4-12(8-19-13)15(16,17)18/h4-5,7-8,11H,2-3,6,9H2,1H3,(H,20,21)/t11-/m1/s1. The van der Waals surface area contributed by atoms with Gasteiger partial charge in [-0.2, -0.15) is 13.2 Å². The summed E-state index contributed by atoms with van der Waals surface area (Å²) in [6.07, 6.45) is 0.333. The summed E-state index contributed by atoms with van der Waals surface area (Å²) in [6, 6.07) is 2.53. The van der Waals surface area contributed by atoms with Crippen LogP contribution in [0.5, 0.6) is 0 Å². The van der Waals surface area contributed by atoms with Crippen LogP contribution in [-0.4, -0.2) is 28.0 Å². The van der Waals surface area contributed by atoms with Gasteiger partial charge in [-0.3, -0.25) is 0 Å². The van der Waals surface area contributed by atoms with E-state index in [2.05, 4.69) is 15.0 Å². The molecule has 1 fully saturated rings. The van der Waals surface area contributed by atoms with Crippen molar-refractivity contribution in [2.45, 2.75) is 31.9 Å². The number of anilines is 1. The molecule has 1 N–H and O–H groups in total. The van der Waals surface area contributed by atoms with Crippen LogP contribution >= 0.6 is 0 Å². The zero-order valence-corrected chi connectivity index (χ0v) is 12.2. The first-order valence-electron chi connectivity index (χ1n) is 7.23. The fourth-order valence-corrected chi connectivity index (χ4v) is 2.79. The Labute approximate surface area is 126 Å². The van der Waals surface area contributed by atoms with Crippen molar-refractivity contribution in [2.24, 2.45) is 0 Å². The van der Waals surface area contributed by atoms with E-state index in [1.807, 2.05) is 11.8 Å². The Bertz CT molecular complexity index is 633. The Kier molecular flexibility index (Phi) is 3.80. The second-order valence-corrected chi connectivity index (χ2v) is 5.64. The number of halogens is 3. The average molecular weight is 310 g/mol. The zero-order chi connectivity index (χ0) is 15.7. The van der Waals surface area contributed by atoms with Gasteiger partial charge in [-0.15, -0.1) is 0 Å². The summed E-state index contributed by atoms with van der Waals surface area (Å²) < 4.78 is 37.7. The molecule has 22 heavy (non-hydrogen) atoms. The highest BCUT2D eigenvalue weighted by atomic mass is 19.4. The van der Waals surface area contributed by atoms with E-state index in [1.54, 1.807) is 6.20 Å². The molecule has 1 aliphatic heterocycles. The van der Waals surface area contributed by atoms with E-state index in [-0.39, 0.29) is 5.92 Å². The number of pyridine rings is 1. The largest absolute Gasteiger partial charge is 0.417 e. The van der Waals surface area contributed by atoms with Crippen LogP contribution in [0.1, 0.15) is 35.8 Å². The summed E-state index contributed by atoms with van der Waals surface area (Å²) in [6.45, 7) is 3.47. The molecule has 1 saturated heterocycles. The second kappa shape index (κ2) is 5.62. The maximum atomic E-state index is 12.6. The summed E-state index contributed by atoms with van der Waals surface area (Å²) in [7, 11) is 0. The van der Waals surface area contributed by atoms with Gasteiger partial charge < -0.3 is 9.88 Å². The number of H-pyrrole nitrogens is 1.